The van der Waals surface area contributed by atoms with E-state index in [0.717, 1.165) is 6.42 Å². The van der Waals surface area contributed by atoms with Crippen LogP contribution >= 0.6 is 0 Å². The molecule has 0 spiro atoms. The van der Waals surface area contributed by atoms with Crippen LogP contribution in [0.1, 0.15) is 30.7 Å². The van der Waals surface area contributed by atoms with Crippen molar-refractivity contribution in [1.82, 2.24) is 4.90 Å². The van der Waals surface area contributed by atoms with E-state index >= 15 is 0 Å². The second-order valence-corrected chi connectivity index (χ2v) is 6.38. The van der Waals surface area contributed by atoms with E-state index in [-0.39, 0.29) is 24.5 Å². The Morgan fingerprint density at radius 1 is 1.21 bits per heavy atom. The third kappa shape index (κ3) is 3.80. The topological polar surface area (TPSA) is 89.2 Å². The summed E-state index contributed by atoms with van der Waals surface area (Å²) in [4.78, 5) is 26.7. The summed E-state index contributed by atoms with van der Waals surface area (Å²) < 4.78 is 16.1. The zero-order valence-electron chi connectivity index (χ0n) is 15.9. The fourth-order valence-corrected chi connectivity index (χ4v) is 3.15. The van der Waals surface area contributed by atoms with Crippen molar-refractivity contribution in [2.75, 3.05) is 26.9 Å². The van der Waals surface area contributed by atoms with E-state index in [4.69, 9.17) is 13.9 Å². The minimum absolute atomic E-state index is 0.0105. The van der Waals surface area contributed by atoms with Crippen molar-refractivity contribution in [2.24, 2.45) is 0 Å². The molecule has 0 bridgehead atoms. The van der Waals surface area contributed by atoms with Crippen LogP contribution < -0.4 is 4.74 Å². The van der Waals surface area contributed by atoms with Gasteiger partial charge in [0.1, 0.15) is 23.3 Å². The second-order valence-electron chi connectivity index (χ2n) is 6.38. The minimum Gasteiger partial charge on any atom is -0.507 e. The third-order valence-electron chi connectivity index (χ3n) is 4.47. The number of nitrogens with zero attached hydrogens (tertiary/aromatic N) is 1. The number of rotatable bonds is 8. The molecule has 2 aromatic rings. The number of hydrogen-bond donors (Lipinski definition) is 1. The predicted molar refractivity (Wildman–Crippen MR) is 102 cm³/mol. The zero-order valence-corrected chi connectivity index (χ0v) is 15.9. The number of amides is 1. The number of ketones is 1. The van der Waals surface area contributed by atoms with Crippen LogP contribution in [0.15, 0.2) is 52.7 Å². The summed E-state index contributed by atoms with van der Waals surface area (Å²) in [7, 11) is 1.51. The smallest absolute Gasteiger partial charge is 0.295 e. The minimum atomic E-state index is -0.814. The maximum Gasteiger partial charge on any atom is 0.295 e. The zero-order chi connectivity index (χ0) is 20.1. The van der Waals surface area contributed by atoms with Crippen molar-refractivity contribution in [3.63, 3.8) is 0 Å². The quantitative estimate of drug-likeness (QED) is 0.427. The molecule has 1 atom stereocenters. The number of methoxy groups -OCH3 is 1. The summed E-state index contributed by atoms with van der Waals surface area (Å²) in [5, 5.41) is 10.9. The predicted octanol–water partition coefficient (Wildman–Crippen LogP) is 3.14. The van der Waals surface area contributed by atoms with Gasteiger partial charge in [0.05, 0.1) is 25.1 Å². The van der Waals surface area contributed by atoms with Crippen LogP contribution in [-0.2, 0) is 14.3 Å². The molecule has 1 aliphatic heterocycles. The first kappa shape index (κ1) is 19.7. The first-order valence-electron chi connectivity index (χ1n) is 9.12. The Morgan fingerprint density at radius 3 is 2.71 bits per heavy atom. The van der Waals surface area contributed by atoms with Crippen LogP contribution in [0.4, 0.5) is 0 Å². The molecule has 0 saturated carbocycles. The molecule has 148 valence electrons. The van der Waals surface area contributed by atoms with Crippen LogP contribution in [0.5, 0.6) is 5.75 Å². The summed E-state index contributed by atoms with van der Waals surface area (Å²) in [5.41, 5.74) is 0.388. The summed E-state index contributed by atoms with van der Waals surface area (Å²) in [6.07, 6.45) is 2.31. The molecule has 1 saturated heterocycles. The molecule has 2 heterocycles. The molecule has 0 radical (unpaired) electrons. The normalized spacial score (nSPS) is 18.6. The van der Waals surface area contributed by atoms with Gasteiger partial charge in [-0.3, -0.25) is 9.59 Å². The molecule has 0 unspecified atom stereocenters. The van der Waals surface area contributed by atoms with Gasteiger partial charge in [0.15, 0.2) is 0 Å². The molecule has 0 aliphatic carbocycles. The molecule has 1 aliphatic rings. The Bertz CT molecular complexity index is 871. The average Bonchev–Trinajstić information content (AvgIpc) is 3.32. The highest BCUT2D eigenvalue weighted by Gasteiger charge is 2.47. The molecule has 28 heavy (non-hydrogen) atoms. The monoisotopic (exact) mass is 385 g/mol. The SMILES string of the molecule is CCCOc1cccc(C(O)=C2C(=O)C(=O)N(CCOC)[C@@H]2c2ccco2)c1. The number of ether oxygens (including phenoxy) is 2. The van der Waals surface area contributed by atoms with Gasteiger partial charge in [0.2, 0.25) is 0 Å². The van der Waals surface area contributed by atoms with Gasteiger partial charge in [-0.1, -0.05) is 19.1 Å². The fourth-order valence-electron chi connectivity index (χ4n) is 3.15. The first-order chi connectivity index (χ1) is 13.6. The summed E-state index contributed by atoms with van der Waals surface area (Å²) in [6, 6.07) is 9.33. The molecule has 7 nitrogen and oxygen atoms in total. The van der Waals surface area contributed by atoms with Crippen molar-refractivity contribution in [3.8, 4) is 5.75 Å². The van der Waals surface area contributed by atoms with Gasteiger partial charge in [0.25, 0.3) is 11.7 Å². The van der Waals surface area contributed by atoms with Crippen LogP contribution in [0.2, 0.25) is 0 Å². The third-order valence-corrected chi connectivity index (χ3v) is 4.47. The van der Waals surface area contributed by atoms with Gasteiger partial charge < -0.3 is 23.9 Å². The number of carbonyl (C=O) groups is 2. The number of aliphatic hydroxyl groups excluding tert-OH is 1. The molecular formula is C21H23NO6. The molecule has 1 aromatic carbocycles. The highest BCUT2D eigenvalue weighted by atomic mass is 16.5. The Kier molecular flexibility index (Phi) is 6.16. The van der Waals surface area contributed by atoms with Crippen LogP contribution in [0, 0.1) is 0 Å². The second kappa shape index (κ2) is 8.75. The molecule has 1 fully saturated rings. The lowest BCUT2D eigenvalue weighted by atomic mass is 9.99. The van der Waals surface area contributed by atoms with E-state index in [0.29, 0.717) is 23.7 Å². The number of benzene rings is 1. The molecule has 1 aromatic heterocycles. The number of carbonyl (C=O) groups excluding carboxylic acids is 2. The molecule has 1 N–H and O–H groups in total. The highest BCUT2D eigenvalue weighted by molar-refractivity contribution is 6.46. The summed E-state index contributed by atoms with van der Waals surface area (Å²) >= 11 is 0. The maximum absolute atomic E-state index is 12.7. The van der Waals surface area contributed by atoms with E-state index in [1.807, 2.05) is 6.92 Å². The molecule has 7 heteroatoms. The number of Topliss-reactive ketones (excluding diaryl/α,β-unsaturated/α-hetero) is 1. The van der Waals surface area contributed by atoms with Crippen molar-refractivity contribution in [2.45, 2.75) is 19.4 Å². The van der Waals surface area contributed by atoms with Crippen molar-refractivity contribution < 1.29 is 28.6 Å². The average molecular weight is 385 g/mol. The van der Waals surface area contributed by atoms with E-state index in [2.05, 4.69) is 0 Å². The Hall–Kier alpha value is -3.06. The number of likely N-dealkylation sites (tertiary alicyclic amines) is 1. The lowest BCUT2D eigenvalue weighted by Gasteiger charge is -2.22. The Morgan fingerprint density at radius 2 is 2.04 bits per heavy atom. The van der Waals surface area contributed by atoms with Crippen LogP contribution in [0.3, 0.4) is 0 Å². The maximum atomic E-state index is 12.7. The molecule has 1 amide bonds. The molecular weight excluding hydrogens is 362 g/mol. The van der Waals surface area contributed by atoms with E-state index in [1.165, 1.54) is 18.3 Å². The highest BCUT2D eigenvalue weighted by Crippen LogP contribution is 2.39. The Labute approximate surface area is 163 Å². The van der Waals surface area contributed by atoms with Gasteiger partial charge in [-0.2, -0.15) is 0 Å². The number of aliphatic hydroxyl groups is 1. The van der Waals surface area contributed by atoms with Gasteiger partial charge in [-0.15, -0.1) is 0 Å². The Balaban J connectivity index is 2.06. The summed E-state index contributed by atoms with van der Waals surface area (Å²) in [5.74, 6) is -0.737. The van der Waals surface area contributed by atoms with Crippen molar-refractivity contribution in [1.29, 1.82) is 0 Å². The van der Waals surface area contributed by atoms with E-state index in [1.54, 1.807) is 36.4 Å². The lowest BCUT2D eigenvalue weighted by molar-refractivity contribution is -0.140. The van der Waals surface area contributed by atoms with Crippen molar-refractivity contribution in [3.05, 3.63) is 59.6 Å². The van der Waals surface area contributed by atoms with Crippen LogP contribution in [-0.4, -0.2) is 48.6 Å². The number of furan rings is 1. The van der Waals surface area contributed by atoms with Gasteiger partial charge in [-0.25, -0.2) is 0 Å². The molecule has 3 rings (SSSR count). The fraction of sp³-hybridized carbons (Fsp3) is 0.333. The largest absolute Gasteiger partial charge is 0.507 e. The van der Waals surface area contributed by atoms with Gasteiger partial charge in [-0.05, 0) is 30.7 Å². The summed E-state index contributed by atoms with van der Waals surface area (Å²) in [6.45, 7) is 2.99. The van der Waals surface area contributed by atoms with Crippen molar-refractivity contribution >= 4 is 17.4 Å². The lowest BCUT2D eigenvalue weighted by Crippen LogP contribution is -2.32. The van der Waals surface area contributed by atoms with E-state index < -0.39 is 17.7 Å². The standard InChI is InChI=1S/C21H23NO6/c1-3-10-27-15-7-4-6-14(13-15)19(23)17-18(16-8-5-11-28-16)22(9-12-26-2)21(25)20(17)24/h4-8,11,13,18,23H,3,9-10,12H2,1-2H3/t18-/m1/s1. The van der Waals surface area contributed by atoms with Gasteiger partial charge in [0, 0.05) is 19.2 Å². The van der Waals surface area contributed by atoms with Gasteiger partial charge >= 0.3 is 0 Å². The van der Waals surface area contributed by atoms with Crippen LogP contribution in [0.25, 0.3) is 5.76 Å². The van der Waals surface area contributed by atoms with E-state index in [9.17, 15) is 14.7 Å². The first-order valence-corrected chi connectivity index (χ1v) is 9.12. The number of hydrogen-bond acceptors (Lipinski definition) is 6.